The fraction of sp³-hybridized carbons (Fsp3) is 0.176. The van der Waals surface area contributed by atoms with E-state index in [0.717, 1.165) is 26.4 Å². The van der Waals surface area contributed by atoms with Gasteiger partial charge in [0.1, 0.15) is 5.65 Å². The Labute approximate surface area is 177 Å². The number of halogens is 3. The Morgan fingerprint density at radius 3 is 2.68 bits per heavy atom. The molecule has 0 bridgehead atoms. The molecule has 0 unspecified atom stereocenters. The van der Waals surface area contributed by atoms with Gasteiger partial charge in [-0.15, -0.1) is 24.0 Å². The number of aromatic nitrogens is 2. The highest BCUT2D eigenvalue weighted by atomic mass is 127. The molecule has 2 aromatic heterocycles. The maximum absolute atomic E-state index is 6.16. The second-order valence-electron chi connectivity index (χ2n) is 5.22. The molecule has 2 heterocycles. The molecule has 0 atom stereocenters. The topological polar surface area (TPSA) is 53.7 Å². The molecule has 5 nitrogen and oxygen atoms in total. The SMILES string of the molecule is CN=C(NCc1cn2cc(Br)ccc2n1)NCc1ccccc1Cl.I. The lowest BCUT2D eigenvalue weighted by molar-refractivity contribution is 0.798. The Morgan fingerprint density at radius 2 is 1.92 bits per heavy atom. The predicted molar refractivity (Wildman–Crippen MR) is 117 cm³/mol. The van der Waals surface area contributed by atoms with Crippen LogP contribution in [0.4, 0.5) is 0 Å². The van der Waals surface area contributed by atoms with Crippen molar-refractivity contribution in [3.05, 3.63) is 69.5 Å². The van der Waals surface area contributed by atoms with Crippen LogP contribution in [-0.4, -0.2) is 22.4 Å². The van der Waals surface area contributed by atoms with Crippen LogP contribution in [0.3, 0.4) is 0 Å². The van der Waals surface area contributed by atoms with E-state index in [1.54, 1.807) is 7.05 Å². The van der Waals surface area contributed by atoms with Gasteiger partial charge in [-0.25, -0.2) is 4.98 Å². The molecule has 0 saturated heterocycles. The van der Waals surface area contributed by atoms with Crippen LogP contribution in [0.5, 0.6) is 0 Å². The van der Waals surface area contributed by atoms with Crippen LogP contribution in [0.25, 0.3) is 5.65 Å². The Hall–Kier alpha value is -1.32. The third kappa shape index (κ3) is 5.32. The van der Waals surface area contributed by atoms with Crippen molar-refractivity contribution in [3.8, 4) is 0 Å². The summed E-state index contributed by atoms with van der Waals surface area (Å²) in [6.07, 6.45) is 3.98. The number of nitrogens with one attached hydrogen (secondary N) is 2. The molecule has 0 aliphatic heterocycles. The van der Waals surface area contributed by atoms with Crippen LogP contribution in [0.1, 0.15) is 11.3 Å². The van der Waals surface area contributed by atoms with Crippen molar-refractivity contribution in [2.45, 2.75) is 13.1 Å². The summed E-state index contributed by atoms with van der Waals surface area (Å²) in [7, 11) is 1.74. The minimum atomic E-state index is 0. The number of rotatable bonds is 4. The Morgan fingerprint density at radius 1 is 1.16 bits per heavy atom. The van der Waals surface area contributed by atoms with Gasteiger partial charge < -0.3 is 15.0 Å². The number of aliphatic imine (C=N–C) groups is 1. The summed E-state index contributed by atoms with van der Waals surface area (Å²) < 4.78 is 3.00. The standard InChI is InChI=1S/C17H17BrClN5.HI/c1-20-17(21-8-12-4-2-3-5-15(12)19)22-9-14-11-24-10-13(18)6-7-16(24)23-14;/h2-7,10-11H,8-9H2,1H3,(H2,20,21,22);1H. The lowest BCUT2D eigenvalue weighted by Crippen LogP contribution is -2.36. The molecular weight excluding hydrogens is 516 g/mol. The fourth-order valence-corrected chi connectivity index (χ4v) is 2.87. The van der Waals surface area contributed by atoms with E-state index in [1.165, 1.54) is 0 Å². The van der Waals surface area contributed by atoms with Crippen molar-refractivity contribution < 1.29 is 0 Å². The maximum Gasteiger partial charge on any atom is 0.191 e. The van der Waals surface area contributed by atoms with E-state index in [4.69, 9.17) is 11.6 Å². The number of pyridine rings is 1. The van der Waals surface area contributed by atoms with E-state index in [-0.39, 0.29) is 24.0 Å². The Balaban J connectivity index is 0.00000225. The van der Waals surface area contributed by atoms with E-state index in [1.807, 2.05) is 53.2 Å². The third-order valence-corrected chi connectivity index (χ3v) is 4.37. The molecule has 1 aromatic carbocycles. The molecule has 0 saturated carbocycles. The van der Waals surface area contributed by atoms with Gasteiger partial charge in [0.2, 0.25) is 0 Å². The van der Waals surface area contributed by atoms with E-state index >= 15 is 0 Å². The molecular formula is C17H18BrClIN5. The molecule has 0 amide bonds. The van der Waals surface area contributed by atoms with Crippen molar-refractivity contribution >= 4 is 63.1 Å². The number of imidazole rings is 1. The van der Waals surface area contributed by atoms with Gasteiger partial charge in [-0.1, -0.05) is 29.8 Å². The average molecular weight is 535 g/mol. The van der Waals surface area contributed by atoms with Gasteiger partial charge >= 0.3 is 0 Å². The summed E-state index contributed by atoms with van der Waals surface area (Å²) in [5.41, 5.74) is 2.88. The Kier molecular flexibility index (Phi) is 7.52. The number of fused-ring (bicyclic) bond motifs is 1. The number of nitrogens with zero attached hydrogens (tertiary/aromatic N) is 3. The van der Waals surface area contributed by atoms with Crippen LogP contribution < -0.4 is 10.6 Å². The summed E-state index contributed by atoms with van der Waals surface area (Å²) >= 11 is 9.62. The molecule has 0 aliphatic rings. The summed E-state index contributed by atoms with van der Waals surface area (Å²) in [6.45, 7) is 1.19. The minimum absolute atomic E-state index is 0. The first-order valence-electron chi connectivity index (χ1n) is 7.47. The van der Waals surface area contributed by atoms with E-state index in [9.17, 15) is 0 Å². The van der Waals surface area contributed by atoms with E-state index < -0.39 is 0 Å². The van der Waals surface area contributed by atoms with Crippen molar-refractivity contribution in [3.63, 3.8) is 0 Å². The third-order valence-electron chi connectivity index (χ3n) is 3.53. The minimum Gasteiger partial charge on any atom is -0.352 e. The quantitative estimate of drug-likeness (QED) is 0.299. The molecule has 3 rings (SSSR count). The molecule has 8 heteroatoms. The van der Waals surface area contributed by atoms with Crippen LogP contribution in [0.2, 0.25) is 5.02 Å². The van der Waals surface area contributed by atoms with Gasteiger partial charge in [-0.3, -0.25) is 4.99 Å². The van der Waals surface area contributed by atoms with E-state index in [0.29, 0.717) is 19.0 Å². The molecule has 0 fully saturated rings. The lowest BCUT2D eigenvalue weighted by Gasteiger charge is -2.11. The molecule has 0 radical (unpaired) electrons. The highest BCUT2D eigenvalue weighted by Gasteiger charge is 2.05. The first-order valence-corrected chi connectivity index (χ1v) is 8.64. The molecule has 0 aliphatic carbocycles. The molecule has 3 aromatic rings. The number of hydrogen-bond donors (Lipinski definition) is 2. The first kappa shape index (κ1) is 20.0. The van der Waals surface area contributed by atoms with Crippen molar-refractivity contribution in [1.29, 1.82) is 0 Å². The van der Waals surface area contributed by atoms with Crippen molar-refractivity contribution in [1.82, 2.24) is 20.0 Å². The molecule has 2 N–H and O–H groups in total. The van der Waals surface area contributed by atoms with Gasteiger partial charge in [-0.2, -0.15) is 0 Å². The highest BCUT2D eigenvalue weighted by Crippen LogP contribution is 2.14. The second-order valence-corrected chi connectivity index (χ2v) is 6.54. The monoisotopic (exact) mass is 533 g/mol. The van der Waals surface area contributed by atoms with Crippen LogP contribution in [-0.2, 0) is 13.1 Å². The average Bonchev–Trinajstić information content (AvgIpc) is 2.98. The summed E-state index contributed by atoms with van der Waals surface area (Å²) in [5, 5.41) is 7.25. The maximum atomic E-state index is 6.16. The number of benzene rings is 1. The van der Waals surface area contributed by atoms with Gasteiger partial charge in [0.25, 0.3) is 0 Å². The summed E-state index contributed by atoms with van der Waals surface area (Å²) in [5.74, 6) is 0.702. The van der Waals surface area contributed by atoms with Crippen molar-refractivity contribution in [2.24, 2.45) is 4.99 Å². The van der Waals surface area contributed by atoms with Crippen molar-refractivity contribution in [2.75, 3.05) is 7.05 Å². The van der Waals surface area contributed by atoms with E-state index in [2.05, 4.69) is 36.5 Å². The predicted octanol–water partition coefficient (Wildman–Crippen LogP) is 4.23. The molecule has 132 valence electrons. The van der Waals surface area contributed by atoms with Gasteiger partial charge in [0, 0.05) is 35.5 Å². The zero-order chi connectivity index (χ0) is 16.9. The smallest absolute Gasteiger partial charge is 0.191 e. The second kappa shape index (κ2) is 9.40. The van der Waals surface area contributed by atoms with Crippen LogP contribution >= 0.6 is 51.5 Å². The number of guanidine groups is 1. The zero-order valence-electron chi connectivity index (χ0n) is 13.5. The fourth-order valence-electron chi connectivity index (χ4n) is 2.32. The lowest BCUT2D eigenvalue weighted by atomic mass is 10.2. The van der Waals surface area contributed by atoms with Gasteiger partial charge in [0.15, 0.2) is 5.96 Å². The summed E-state index contributed by atoms with van der Waals surface area (Å²) in [4.78, 5) is 8.79. The highest BCUT2D eigenvalue weighted by molar-refractivity contribution is 14.0. The number of hydrogen-bond acceptors (Lipinski definition) is 2. The van der Waals surface area contributed by atoms with Crippen LogP contribution in [0.15, 0.2) is 58.3 Å². The normalized spacial score (nSPS) is 11.2. The zero-order valence-corrected chi connectivity index (χ0v) is 18.2. The Bertz CT molecular complexity index is 880. The van der Waals surface area contributed by atoms with Gasteiger partial charge in [0.05, 0.1) is 12.2 Å². The molecule has 0 spiro atoms. The van der Waals surface area contributed by atoms with Gasteiger partial charge in [-0.05, 0) is 39.7 Å². The van der Waals surface area contributed by atoms with Crippen LogP contribution in [0, 0.1) is 0 Å². The largest absolute Gasteiger partial charge is 0.352 e. The first-order chi connectivity index (χ1) is 11.7. The molecule has 25 heavy (non-hydrogen) atoms. The summed E-state index contributed by atoms with van der Waals surface area (Å²) in [6, 6.07) is 11.7.